The molecule has 5 nitrogen and oxygen atoms in total. The van der Waals surface area contributed by atoms with Crippen LogP contribution in [0, 0.1) is 5.41 Å². The maximum Gasteiger partial charge on any atom is 0.337 e. The molecule has 0 radical (unpaired) electrons. The Bertz CT molecular complexity index is 997. The van der Waals surface area contributed by atoms with Gasteiger partial charge in [0.2, 0.25) is 0 Å². The van der Waals surface area contributed by atoms with Crippen LogP contribution in [0.3, 0.4) is 0 Å². The molecule has 0 aromatic heterocycles. The highest BCUT2D eigenvalue weighted by Gasteiger charge is 2.48. The van der Waals surface area contributed by atoms with E-state index in [0.29, 0.717) is 24.0 Å². The van der Waals surface area contributed by atoms with Crippen LogP contribution in [0.5, 0.6) is 0 Å². The summed E-state index contributed by atoms with van der Waals surface area (Å²) in [5.41, 5.74) is 1.08. The summed E-state index contributed by atoms with van der Waals surface area (Å²) >= 11 is 0. The second-order valence-electron chi connectivity index (χ2n) is 8.15. The zero-order valence-corrected chi connectivity index (χ0v) is 18.6. The number of ether oxygens (including phenoxy) is 1. The number of methoxy groups -OCH3 is 1. The van der Waals surface area contributed by atoms with Gasteiger partial charge in [-0.1, -0.05) is 57.0 Å². The van der Waals surface area contributed by atoms with Crippen molar-refractivity contribution in [2.75, 3.05) is 12.9 Å². The number of rotatable bonds is 6. The van der Waals surface area contributed by atoms with Crippen molar-refractivity contribution in [1.82, 2.24) is 0 Å². The summed E-state index contributed by atoms with van der Waals surface area (Å²) in [6.45, 7) is 4.03. The molecule has 1 aliphatic rings. The monoisotopic (exact) mass is 430 g/mol. The molecule has 1 aliphatic heterocycles. The van der Waals surface area contributed by atoms with Crippen molar-refractivity contribution in [3.8, 4) is 0 Å². The lowest BCUT2D eigenvalue weighted by Crippen LogP contribution is -2.42. The Hall–Kier alpha value is -2.18. The van der Waals surface area contributed by atoms with Crippen molar-refractivity contribution in [2.24, 2.45) is 5.41 Å². The maximum atomic E-state index is 13.4. The Morgan fingerprint density at radius 2 is 1.80 bits per heavy atom. The Balaban J connectivity index is 2.20. The molecule has 3 atom stereocenters. The fraction of sp³-hybridized carbons (Fsp3) is 0.458. The SMILES string of the molecule is CCCC[C@]1(CC)CS(=O)(=O)c2ccccc2[C@@H](c2ccc(C(=O)OC)cc2)C1O. The number of fused-ring (bicyclic) bond motifs is 1. The highest BCUT2D eigenvalue weighted by Crippen LogP contribution is 2.48. The van der Waals surface area contributed by atoms with Crippen molar-refractivity contribution < 1.29 is 23.1 Å². The molecule has 0 aliphatic carbocycles. The fourth-order valence-corrected chi connectivity index (χ4v) is 6.90. The lowest BCUT2D eigenvalue weighted by atomic mass is 9.69. The number of aliphatic hydroxyl groups is 1. The molecular formula is C24H30O5S. The van der Waals surface area contributed by atoms with Crippen molar-refractivity contribution in [1.29, 1.82) is 0 Å². The predicted molar refractivity (Wildman–Crippen MR) is 116 cm³/mol. The number of sulfone groups is 1. The van der Waals surface area contributed by atoms with E-state index in [0.717, 1.165) is 18.4 Å². The first-order valence-corrected chi connectivity index (χ1v) is 12.1. The summed E-state index contributed by atoms with van der Waals surface area (Å²) in [7, 11) is -2.23. The minimum atomic E-state index is -3.56. The normalized spacial score (nSPS) is 25.2. The third-order valence-electron chi connectivity index (χ3n) is 6.43. The first-order chi connectivity index (χ1) is 14.3. The molecule has 6 heteroatoms. The highest BCUT2D eigenvalue weighted by molar-refractivity contribution is 7.91. The predicted octanol–water partition coefficient (Wildman–Crippen LogP) is 4.34. The van der Waals surface area contributed by atoms with E-state index in [1.807, 2.05) is 13.0 Å². The molecule has 0 fully saturated rings. The zero-order chi connectivity index (χ0) is 21.9. The largest absolute Gasteiger partial charge is 0.465 e. The van der Waals surface area contributed by atoms with E-state index in [-0.39, 0.29) is 10.6 Å². The summed E-state index contributed by atoms with van der Waals surface area (Å²) < 4.78 is 31.5. The van der Waals surface area contributed by atoms with Gasteiger partial charge in [-0.05, 0) is 42.2 Å². The van der Waals surface area contributed by atoms with E-state index in [4.69, 9.17) is 4.74 Å². The van der Waals surface area contributed by atoms with E-state index >= 15 is 0 Å². The summed E-state index contributed by atoms with van der Waals surface area (Å²) in [4.78, 5) is 12.1. The molecule has 0 bridgehead atoms. The van der Waals surface area contributed by atoms with E-state index < -0.39 is 33.2 Å². The molecule has 2 aromatic rings. The molecule has 162 valence electrons. The minimum absolute atomic E-state index is 0.0641. The number of aliphatic hydroxyl groups excluding tert-OH is 1. The molecule has 0 spiro atoms. The van der Waals surface area contributed by atoms with Crippen LogP contribution < -0.4 is 0 Å². The average molecular weight is 431 g/mol. The highest BCUT2D eigenvalue weighted by atomic mass is 32.2. The van der Waals surface area contributed by atoms with Gasteiger partial charge in [0.1, 0.15) is 0 Å². The summed E-state index contributed by atoms with van der Waals surface area (Å²) in [6.07, 6.45) is 2.13. The number of carbonyl (C=O) groups excluding carboxylic acids is 1. The quantitative estimate of drug-likeness (QED) is 0.690. The second kappa shape index (κ2) is 8.90. The number of hydrogen-bond acceptors (Lipinski definition) is 5. The Labute approximate surface area is 179 Å². The van der Waals surface area contributed by atoms with Crippen LogP contribution in [0.25, 0.3) is 0 Å². The standard InChI is InChI=1S/C24H30O5S/c1-4-6-15-24(5-2)16-30(27,28)20-10-8-7-9-19(20)21(22(24)25)17-11-13-18(14-12-17)23(26)29-3/h7-14,21-22,25H,4-6,15-16H2,1-3H3/t21-,22?,24-/m1/s1. The summed E-state index contributed by atoms with van der Waals surface area (Å²) in [6, 6.07) is 13.9. The van der Waals surface area contributed by atoms with E-state index in [2.05, 4.69) is 6.92 Å². The Morgan fingerprint density at radius 3 is 2.40 bits per heavy atom. The summed E-state index contributed by atoms with van der Waals surface area (Å²) in [5, 5.41) is 11.7. The summed E-state index contributed by atoms with van der Waals surface area (Å²) in [5.74, 6) is -0.996. The second-order valence-corrected chi connectivity index (χ2v) is 10.1. The van der Waals surface area contributed by atoms with E-state index in [1.54, 1.807) is 42.5 Å². The lowest BCUT2D eigenvalue weighted by molar-refractivity contribution is 0.0174. The van der Waals surface area contributed by atoms with Gasteiger partial charge >= 0.3 is 5.97 Å². The first-order valence-electron chi connectivity index (χ1n) is 10.5. The molecule has 1 N–H and O–H groups in total. The van der Waals surface area contributed by atoms with Gasteiger partial charge in [0.05, 0.1) is 29.4 Å². The number of benzene rings is 2. The van der Waals surface area contributed by atoms with Gasteiger partial charge in [-0.15, -0.1) is 0 Å². The molecule has 0 saturated carbocycles. The topological polar surface area (TPSA) is 80.7 Å². The first kappa shape index (κ1) is 22.5. The van der Waals surface area contributed by atoms with Crippen molar-refractivity contribution in [2.45, 2.75) is 56.4 Å². The third-order valence-corrected chi connectivity index (χ3v) is 8.43. The van der Waals surface area contributed by atoms with Crippen LogP contribution in [0.15, 0.2) is 53.4 Å². The molecule has 3 rings (SSSR count). The van der Waals surface area contributed by atoms with Crippen LogP contribution in [0.4, 0.5) is 0 Å². The number of esters is 1. The molecule has 30 heavy (non-hydrogen) atoms. The van der Waals surface area contributed by atoms with Gasteiger partial charge in [0.25, 0.3) is 0 Å². The van der Waals surface area contributed by atoms with Gasteiger partial charge in [-0.2, -0.15) is 0 Å². The van der Waals surface area contributed by atoms with Crippen LogP contribution >= 0.6 is 0 Å². The maximum absolute atomic E-state index is 13.4. The average Bonchev–Trinajstić information content (AvgIpc) is 2.83. The van der Waals surface area contributed by atoms with Crippen LogP contribution in [-0.4, -0.2) is 38.5 Å². The van der Waals surface area contributed by atoms with Crippen LogP contribution in [0.1, 0.15) is 66.9 Å². The van der Waals surface area contributed by atoms with Crippen molar-refractivity contribution >= 4 is 15.8 Å². The van der Waals surface area contributed by atoms with Crippen LogP contribution in [-0.2, 0) is 14.6 Å². The van der Waals surface area contributed by atoms with Gasteiger partial charge in [-0.3, -0.25) is 0 Å². The number of unbranched alkanes of at least 4 members (excludes halogenated alkanes) is 1. The smallest absolute Gasteiger partial charge is 0.337 e. The van der Waals surface area contributed by atoms with Gasteiger partial charge in [0.15, 0.2) is 9.84 Å². The molecule has 1 heterocycles. The number of hydrogen-bond donors (Lipinski definition) is 1. The molecule has 1 unspecified atom stereocenters. The minimum Gasteiger partial charge on any atom is -0.465 e. The lowest BCUT2D eigenvalue weighted by Gasteiger charge is -2.39. The van der Waals surface area contributed by atoms with E-state index in [1.165, 1.54) is 7.11 Å². The molecule has 2 aromatic carbocycles. The number of carbonyl (C=O) groups is 1. The third kappa shape index (κ3) is 4.03. The van der Waals surface area contributed by atoms with Crippen molar-refractivity contribution in [3.05, 3.63) is 65.2 Å². The van der Waals surface area contributed by atoms with Crippen molar-refractivity contribution in [3.63, 3.8) is 0 Å². The van der Waals surface area contributed by atoms with Crippen LogP contribution in [0.2, 0.25) is 0 Å². The fourth-order valence-electron chi connectivity index (χ4n) is 4.63. The van der Waals surface area contributed by atoms with E-state index in [9.17, 15) is 18.3 Å². The van der Waals surface area contributed by atoms with Gasteiger partial charge in [0, 0.05) is 11.3 Å². The Kier molecular flexibility index (Phi) is 6.68. The van der Waals surface area contributed by atoms with Gasteiger partial charge < -0.3 is 9.84 Å². The Morgan fingerprint density at radius 1 is 1.13 bits per heavy atom. The molecule has 0 amide bonds. The molecular weight excluding hydrogens is 400 g/mol. The zero-order valence-electron chi connectivity index (χ0n) is 17.8. The van der Waals surface area contributed by atoms with Gasteiger partial charge in [-0.25, -0.2) is 13.2 Å². The molecule has 0 saturated heterocycles.